The topological polar surface area (TPSA) is 6.48 Å². The molecule has 0 amide bonds. The summed E-state index contributed by atoms with van der Waals surface area (Å²) in [5.74, 6) is 0. The van der Waals surface area contributed by atoms with Crippen molar-refractivity contribution in [3.63, 3.8) is 0 Å². The first-order valence-electron chi connectivity index (χ1n) is 6.70. The van der Waals surface area contributed by atoms with Gasteiger partial charge in [0.05, 0.1) is 6.17 Å². The highest BCUT2D eigenvalue weighted by atomic mass is 15.4. The first kappa shape index (κ1) is 12.6. The van der Waals surface area contributed by atoms with Gasteiger partial charge in [-0.15, -0.1) is 0 Å². The lowest BCUT2D eigenvalue weighted by molar-refractivity contribution is 0.132. The molecule has 94 valence electrons. The Morgan fingerprint density at radius 2 is 1.53 bits per heavy atom. The van der Waals surface area contributed by atoms with Crippen LogP contribution in [0.25, 0.3) is 0 Å². The van der Waals surface area contributed by atoms with E-state index < -0.39 is 0 Å². The van der Waals surface area contributed by atoms with Gasteiger partial charge >= 0.3 is 0 Å². The molecule has 0 radical (unpaired) electrons. The molecule has 1 aromatic carbocycles. The molecule has 1 heterocycles. The highest BCUT2D eigenvalue weighted by Crippen LogP contribution is 2.27. The summed E-state index contributed by atoms with van der Waals surface area (Å²) in [6.45, 7) is 11.5. The smallest absolute Gasteiger partial charge is 0.0602 e. The van der Waals surface area contributed by atoms with Gasteiger partial charge in [0.2, 0.25) is 0 Å². The van der Waals surface area contributed by atoms with E-state index in [-0.39, 0.29) is 0 Å². The van der Waals surface area contributed by atoms with Crippen LogP contribution in [-0.2, 0) is 6.54 Å². The molecule has 0 N–H and O–H groups in total. The lowest BCUT2D eigenvalue weighted by Gasteiger charge is -2.27. The maximum Gasteiger partial charge on any atom is 0.0602 e. The van der Waals surface area contributed by atoms with Gasteiger partial charge < -0.3 is 0 Å². The summed E-state index contributed by atoms with van der Waals surface area (Å²) in [4.78, 5) is 5.18. The van der Waals surface area contributed by atoms with E-state index in [1.54, 1.807) is 0 Å². The highest BCUT2D eigenvalue weighted by Gasteiger charge is 2.38. The SMILES string of the molecule is CCN1C(C)C(C)N(Cc2ccccc2)C1C. The van der Waals surface area contributed by atoms with E-state index >= 15 is 0 Å². The molecular weight excluding hydrogens is 208 g/mol. The normalized spacial score (nSPS) is 30.9. The first-order valence-corrected chi connectivity index (χ1v) is 6.70. The molecule has 1 saturated heterocycles. The van der Waals surface area contributed by atoms with Gasteiger partial charge in [0.25, 0.3) is 0 Å². The van der Waals surface area contributed by atoms with Crippen molar-refractivity contribution < 1.29 is 0 Å². The Morgan fingerprint density at radius 3 is 2.06 bits per heavy atom. The third-order valence-corrected chi connectivity index (χ3v) is 4.28. The fourth-order valence-corrected chi connectivity index (χ4v) is 3.05. The van der Waals surface area contributed by atoms with E-state index in [1.807, 2.05) is 0 Å². The van der Waals surface area contributed by atoms with E-state index in [9.17, 15) is 0 Å². The second kappa shape index (κ2) is 5.19. The Kier molecular flexibility index (Phi) is 3.85. The van der Waals surface area contributed by atoms with Gasteiger partial charge in [-0.3, -0.25) is 9.80 Å². The molecule has 3 unspecified atom stereocenters. The molecule has 17 heavy (non-hydrogen) atoms. The fraction of sp³-hybridized carbons (Fsp3) is 0.600. The van der Waals surface area contributed by atoms with Crippen LogP contribution in [0.4, 0.5) is 0 Å². The Bertz CT molecular complexity index is 349. The molecule has 0 aliphatic carbocycles. The monoisotopic (exact) mass is 232 g/mol. The standard InChI is InChI=1S/C15H24N2/c1-5-16-12(2)13(3)17(14(16)4)11-15-9-7-6-8-10-15/h6-10,12-14H,5,11H2,1-4H3. The van der Waals surface area contributed by atoms with Crippen LogP contribution in [-0.4, -0.2) is 34.6 Å². The Hall–Kier alpha value is -0.860. The number of benzene rings is 1. The minimum Gasteiger partial charge on any atom is -0.284 e. The summed E-state index contributed by atoms with van der Waals surface area (Å²) in [5.41, 5.74) is 1.41. The van der Waals surface area contributed by atoms with Crippen LogP contribution in [0.5, 0.6) is 0 Å². The first-order chi connectivity index (χ1) is 8.15. The van der Waals surface area contributed by atoms with Crippen LogP contribution >= 0.6 is 0 Å². The van der Waals surface area contributed by atoms with Crippen LogP contribution in [0.1, 0.15) is 33.3 Å². The number of nitrogens with zero attached hydrogens (tertiary/aromatic N) is 2. The lowest BCUT2D eigenvalue weighted by Crippen LogP contribution is -2.37. The van der Waals surface area contributed by atoms with Gasteiger partial charge in [-0.2, -0.15) is 0 Å². The van der Waals surface area contributed by atoms with E-state index in [0.717, 1.165) is 13.1 Å². The number of rotatable bonds is 3. The van der Waals surface area contributed by atoms with Gasteiger partial charge in [0.15, 0.2) is 0 Å². The van der Waals surface area contributed by atoms with Gasteiger partial charge in [-0.05, 0) is 32.9 Å². The molecule has 0 saturated carbocycles. The fourth-order valence-electron chi connectivity index (χ4n) is 3.05. The second-order valence-electron chi connectivity index (χ2n) is 5.10. The zero-order chi connectivity index (χ0) is 12.4. The molecule has 3 atom stereocenters. The van der Waals surface area contributed by atoms with Crippen molar-refractivity contribution in [3.8, 4) is 0 Å². The third kappa shape index (κ3) is 2.38. The molecule has 1 aliphatic rings. The summed E-state index contributed by atoms with van der Waals surface area (Å²) in [5, 5.41) is 0. The van der Waals surface area contributed by atoms with Crippen molar-refractivity contribution in [1.82, 2.24) is 9.80 Å². The van der Waals surface area contributed by atoms with Crippen LogP contribution in [0.3, 0.4) is 0 Å². The summed E-state index contributed by atoms with van der Waals surface area (Å²) >= 11 is 0. The van der Waals surface area contributed by atoms with Gasteiger partial charge in [-0.25, -0.2) is 0 Å². The maximum absolute atomic E-state index is 2.60. The molecule has 0 spiro atoms. The van der Waals surface area contributed by atoms with E-state index in [1.165, 1.54) is 5.56 Å². The van der Waals surface area contributed by atoms with E-state index in [4.69, 9.17) is 0 Å². The Morgan fingerprint density at radius 1 is 0.941 bits per heavy atom. The summed E-state index contributed by atoms with van der Waals surface area (Å²) in [7, 11) is 0. The molecule has 1 aliphatic heterocycles. The Labute approximate surface area is 105 Å². The number of likely N-dealkylation sites (N-methyl/N-ethyl adjacent to an activating group) is 1. The molecule has 0 aromatic heterocycles. The van der Waals surface area contributed by atoms with Gasteiger partial charge in [0.1, 0.15) is 0 Å². The molecular formula is C15H24N2. The zero-order valence-electron chi connectivity index (χ0n) is 11.4. The second-order valence-corrected chi connectivity index (χ2v) is 5.10. The number of hydrogen-bond donors (Lipinski definition) is 0. The lowest BCUT2D eigenvalue weighted by atomic mass is 10.1. The molecule has 2 heteroatoms. The molecule has 0 bridgehead atoms. The van der Waals surface area contributed by atoms with Crippen molar-refractivity contribution in [2.75, 3.05) is 6.54 Å². The predicted octanol–water partition coefficient (Wildman–Crippen LogP) is 2.95. The van der Waals surface area contributed by atoms with Crippen molar-refractivity contribution >= 4 is 0 Å². The van der Waals surface area contributed by atoms with Crippen molar-refractivity contribution in [1.29, 1.82) is 0 Å². The Balaban J connectivity index is 2.11. The summed E-state index contributed by atoms with van der Waals surface area (Å²) < 4.78 is 0. The molecule has 1 fully saturated rings. The summed E-state index contributed by atoms with van der Waals surface area (Å²) in [6, 6.07) is 12.1. The van der Waals surface area contributed by atoms with Crippen LogP contribution in [0.15, 0.2) is 30.3 Å². The molecule has 2 nitrogen and oxygen atoms in total. The van der Waals surface area contributed by atoms with Gasteiger partial charge in [-0.1, -0.05) is 37.3 Å². The van der Waals surface area contributed by atoms with E-state index in [2.05, 4.69) is 67.8 Å². The summed E-state index contributed by atoms with van der Waals surface area (Å²) in [6.07, 6.45) is 0.546. The minimum atomic E-state index is 0.546. The van der Waals surface area contributed by atoms with Crippen LogP contribution in [0, 0.1) is 0 Å². The molecule has 1 aromatic rings. The highest BCUT2D eigenvalue weighted by molar-refractivity contribution is 5.15. The van der Waals surface area contributed by atoms with E-state index in [0.29, 0.717) is 18.2 Å². The van der Waals surface area contributed by atoms with Crippen molar-refractivity contribution in [2.45, 2.75) is 52.5 Å². The van der Waals surface area contributed by atoms with Gasteiger partial charge in [0, 0.05) is 18.6 Å². The van der Waals surface area contributed by atoms with Crippen LogP contribution in [0.2, 0.25) is 0 Å². The predicted molar refractivity (Wildman–Crippen MR) is 72.8 cm³/mol. The molecule has 2 rings (SSSR count). The van der Waals surface area contributed by atoms with Crippen molar-refractivity contribution in [3.05, 3.63) is 35.9 Å². The average molecular weight is 232 g/mol. The third-order valence-electron chi connectivity index (χ3n) is 4.28. The maximum atomic E-state index is 2.60. The minimum absolute atomic E-state index is 0.546. The zero-order valence-corrected chi connectivity index (χ0v) is 11.4. The number of hydrogen-bond acceptors (Lipinski definition) is 2. The van der Waals surface area contributed by atoms with Crippen molar-refractivity contribution in [2.24, 2.45) is 0 Å². The largest absolute Gasteiger partial charge is 0.284 e. The average Bonchev–Trinajstić information content (AvgIpc) is 2.55. The van der Waals surface area contributed by atoms with Crippen LogP contribution < -0.4 is 0 Å². The quantitative estimate of drug-likeness (QED) is 0.790.